The first-order valence-corrected chi connectivity index (χ1v) is 25.8. The van der Waals surface area contributed by atoms with Crippen LogP contribution in [0.5, 0.6) is 0 Å². The standard InChI is InChI=1S/C50H88NO10P/c1-3-5-7-9-11-13-15-17-19-21-23-25-27-29-31-33-35-37-39-41-48(52)58-43-46(44-59-62(56,57)60-45-47(51)50(54)55)61-49(53)42-40-38-36-34-32-30-28-26-24-22-20-18-16-14-12-10-8-6-4-2/h6,8,12,14,18,20,24,26,30,32,46-47H,3-5,7,9-11,13,15-17,19,21-23,25,27-29,31,33-45,51H2,1-2H3,(H,54,55)(H,56,57)/b8-6-,14-12-,20-18-,26-24-,32-30-/t46-,47+/m1/s1. The van der Waals surface area contributed by atoms with Gasteiger partial charge >= 0.3 is 25.7 Å². The Hall–Kier alpha value is -2.82. The molecule has 12 heteroatoms. The number of unbranched alkanes of at least 4 members (excludes halogenated alkanes) is 21. The summed E-state index contributed by atoms with van der Waals surface area (Å²) in [6.45, 7) is 2.68. The smallest absolute Gasteiger partial charge is 0.472 e. The number of ether oxygens (including phenoxy) is 2. The van der Waals surface area contributed by atoms with Gasteiger partial charge in [0.15, 0.2) is 6.10 Å². The fourth-order valence-corrected chi connectivity index (χ4v) is 7.28. The highest BCUT2D eigenvalue weighted by atomic mass is 31.2. The Morgan fingerprint density at radius 1 is 0.516 bits per heavy atom. The molecule has 0 fully saturated rings. The maximum Gasteiger partial charge on any atom is 0.472 e. The van der Waals surface area contributed by atoms with E-state index in [1.165, 1.54) is 96.3 Å². The fourth-order valence-electron chi connectivity index (χ4n) is 6.50. The predicted octanol–water partition coefficient (Wildman–Crippen LogP) is 13.5. The zero-order valence-corrected chi connectivity index (χ0v) is 39.8. The number of carbonyl (C=O) groups excluding carboxylic acids is 2. The number of hydrogen-bond donors (Lipinski definition) is 3. The molecule has 62 heavy (non-hydrogen) atoms. The number of carbonyl (C=O) groups is 3. The third-order valence-corrected chi connectivity index (χ3v) is 11.2. The molecule has 11 nitrogen and oxygen atoms in total. The number of phosphoric acid groups is 1. The van der Waals surface area contributed by atoms with Gasteiger partial charge in [-0.15, -0.1) is 0 Å². The van der Waals surface area contributed by atoms with E-state index in [0.717, 1.165) is 70.6 Å². The van der Waals surface area contributed by atoms with Crippen molar-refractivity contribution in [2.75, 3.05) is 19.8 Å². The molecule has 0 spiro atoms. The summed E-state index contributed by atoms with van der Waals surface area (Å²) in [7, 11) is -4.73. The van der Waals surface area contributed by atoms with Crippen molar-refractivity contribution in [1.82, 2.24) is 0 Å². The topological polar surface area (TPSA) is 172 Å². The Bertz CT molecular complexity index is 1280. The molecule has 0 aliphatic carbocycles. The van der Waals surface area contributed by atoms with E-state index in [0.29, 0.717) is 12.8 Å². The molecule has 0 radical (unpaired) electrons. The van der Waals surface area contributed by atoms with Gasteiger partial charge in [-0.2, -0.15) is 0 Å². The molecule has 3 atom stereocenters. The minimum absolute atomic E-state index is 0.121. The molecule has 0 saturated carbocycles. The summed E-state index contributed by atoms with van der Waals surface area (Å²) < 4.78 is 32.8. The van der Waals surface area contributed by atoms with Crippen LogP contribution in [0, 0.1) is 0 Å². The van der Waals surface area contributed by atoms with E-state index in [1.54, 1.807) is 0 Å². The molecule has 0 aromatic rings. The first kappa shape index (κ1) is 59.2. The molecule has 0 bridgehead atoms. The fraction of sp³-hybridized carbons (Fsp3) is 0.740. The lowest BCUT2D eigenvalue weighted by Crippen LogP contribution is -2.34. The average molecular weight is 894 g/mol. The molecular formula is C50H88NO10P. The molecular weight excluding hydrogens is 806 g/mol. The molecule has 0 rings (SSSR count). The average Bonchev–Trinajstić information content (AvgIpc) is 3.25. The Balaban J connectivity index is 4.34. The SMILES string of the molecule is CC/C=C\C/C=C\C/C=C\C/C=C\C/C=C\CCCCCC(=O)O[C@H](COC(=O)CCCCCCCCCCCCCCCCCCCCC)COP(=O)(O)OC[C@H](N)C(=O)O. The lowest BCUT2D eigenvalue weighted by Gasteiger charge is -2.20. The van der Waals surface area contributed by atoms with Crippen LogP contribution in [0.25, 0.3) is 0 Å². The van der Waals surface area contributed by atoms with E-state index in [2.05, 4.69) is 79.1 Å². The van der Waals surface area contributed by atoms with Crippen LogP contribution < -0.4 is 5.73 Å². The van der Waals surface area contributed by atoms with Crippen molar-refractivity contribution < 1.29 is 47.5 Å². The Kier molecular flexibility index (Phi) is 42.7. The van der Waals surface area contributed by atoms with Gasteiger partial charge in [-0.25, -0.2) is 4.57 Å². The Morgan fingerprint density at radius 2 is 0.903 bits per heavy atom. The minimum atomic E-state index is -4.73. The monoisotopic (exact) mass is 894 g/mol. The molecule has 0 aliphatic rings. The van der Waals surface area contributed by atoms with Crippen molar-refractivity contribution in [3.8, 4) is 0 Å². The lowest BCUT2D eigenvalue weighted by atomic mass is 10.0. The summed E-state index contributed by atoms with van der Waals surface area (Å²) in [5, 5.41) is 8.91. The number of rotatable bonds is 45. The van der Waals surface area contributed by atoms with Crippen LogP contribution in [-0.2, 0) is 37.5 Å². The summed E-state index contributed by atoms with van der Waals surface area (Å²) in [5.41, 5.74) is 5.34. The van der Waals surface area contributed by atoms with Gasteiger partial charge in [-0.05, 0) is 57.8 Å². The van der Waals surface area contributed by atoms with Crippen LogP contribution in [0.3, 0.4) is 0 Å². The maximum atomic E-state index is 12.7. The first-order valence-electron chi connectivity index (χ1n) is 24.3. The number of carboxylic acids is 1. The summed E-state index contributed by atoms with van der Waals surface area (Å²) in [6, 6.07) is -1.53. The van der Waals surface area contributed by atoms with Gasteiger partial charge in [0.05, 0.1) is 13.2 Å². The number of nitrogens with two attached hydrogens (primary N) is 1. The van der Waals surface area contributed by atoms with Crippen LogP contribution in [0.15, 0.2) is 60.8 Å². The molecule has 0 saturated heterocycles. The van der Waals surface area contributed by atoms with Crippen LogP contribution in [0.2, 0.25) is 0 Å². The lowest BCUT2D eigenvalue weighted by molar-refractivity contribution is -0.161. The summed E-state index contributed by atoms with van der Waals surface area (Å²) in [6.07, 6.45) is 52.8. The van der Waals surface area contributed by atoms with Crippen molar-refractivity contribution in [3.05, 3.63) is 60.8 Å². The molecule has 0 heterocycles. The number of allylic oxidation sites excluding steroid dienone is 10. The summed E-state index contributed by atoms with van der Waals surface area (Å²) in [5.74, 6) is -2.42. The van der Waals surface area contributed by atoms with E-state index in [9.17, 15) is 23.8 Å². The largest absolute Gasteiger partial charge is 0.480 e. The van der Waals surface area contributed by atoms with Crippen molar-refractivity contribution in [2.24, 2.45) is 5.73 Å². The second-order valence-electron chi connectivity index (χ2n) is 16.2. The maximum absolute atomic E-state index is 12.7. The van der Waals surface area contributed by atoms with Crippen LogP contribution in [-0.4, -0.2) is 59.9 Å². The number of esters is 2. The molecule has 0 aliphatic heterocycles. The minimum Gasteiger partial charge on any atom is -0.480 e. The highest BCUT2D eigenvalue weighted by molar-refractivity contribution is 7.47. The number of hydrogen-bond acceptors (Lipinski definition) is 9. The van der Waals surface area contributed by atoms with E-state index < -0.39 is 51.1 Å². The second-order valence-corrected chi connectivity index (χ2v) is 17.7. The van der Waals surface area contributed by atoms with Crippen LogP contribution in [0.1, 0.15) is 206 Å². The van der Waals surface area contributed by atoms with Crippen LogP contribution >= 0.6 is 7.82 Å². The molecule has 0 aromatic heterocycles. The number of phosphoric ester groups is 1. The van der Waals surface area contributed by atoms with Crippen LogP contribution in [0.4, 0.5) is 0 Å². The first-order chi connectivity index (χ1) is 30.1. The van der Waals surface area contributed by atoms with Gasteiger partial charge in [-0.1, -0.05) is 197 Å². The number of aliphatic carboxylic acids is 1. The van der Waals surface area contributed by atoms with Gasteiger partial charge in [0.1, 0.15) is 12.6 Å². The van der Waals surface area contributed by atoms with Crippen molar-refractivity contribution in [1.29, 1.82) is 0 Å². The van der Waals surface area contributed by atoms with Gasteiger partial charge in [0.2, 0.25) is 0 Å². The molecule has 1 unspecified atom stereocenters. The third kappa shape index (κ3) is 43.8. The molecule has 4 N–H and O–H groups in total. The highest BCUT2D eigenvalue weighted by Crippen LogP contribution is 2.43. The molecule has 358 valence electrons. The summed E-state index contributed by atoms with van der Waals surface area (Å²) in [4.78, 5) is 46.1. The zero-order chi connectivity index (χ0) is 45.6. The highest BCUT2D eigenvalue weighted by Gasteiger charge is 2.28. The van der Waals surface area contributed by atoms with E-state index >= 15 is 0 Å². The van der Waals surface area contributed by atoms with E-state index in [4.69, 9.17) is 24.8 Å². The van der Waals surface area contributed by atoms with Crippen molar-refractivity contribution in [2.45, 2.75) is 219 Å². The normalized spacial score (nSPS) is 14.1. The third-order valence-electron chi connectivity index (χ3n) is 10.3. The van der Waals surface area contributed by atoms with E-state index in [1.807, 2.05) is 0 Å². The van der Waals surface area contributed by atoms with Gasteiger partial charge in [0, 0.05) is 12.8 Å². The van der Waals surface area contributed by atoms with Crippen molar-refractivity contribution >= 4 is 25.7 Å². The summed E-state index contributed by atoms with van der Waals surface area (Å²) >= 11 is 0. The van der Waals surface area contributed by atoms with E-state index in [-0.39, 0.29) is 19.4 Å². The second kappa shape index (κ2) is 44.8. The van der Waals surface area contributed by atoms with Gasteiger partial charge in [-0.3, -0.25) is 23.4 Å². The number of carboxylic acid groups (broad SMARTS) is 1. The molecule has 0 amide bonds. The van der Waals surface area contributed by atoms with Crippen molar-refractivity contribution in [3.63, 3.8) is 0 Å². The molecule has 0 aromatic carbocycles. The predicted molar refractivity (Wildman–Crippen MR) is 254 cm³/mol. The zero-order valence-electron chi connectivity index (χ0n) is 38.9. The Morgan fingerprint density at radius 3 is 1.35 bits per heavy atom. The van der Waals surface area contributed by atoms with Gasteiger partial charge < -0.3 is 25.2 Å². The van der Waals surface area contributed by atoms with Gasteiger partial charge in [0.25, 0.3) is 0 Å². The quantitative estimate of drug-likeness (QED) is 0.0230. The Labute approximate surface area is 377 Å².